The minimum Gasteiger partial charge on any atom is -0.496 e. The lowest BCUT2D eigenvalue weighted by Crippen LogP contribution is -2.25. The molecule has 0 spiro atoms. The van der Waals surface area contributed by atoms with Crippen LogP contribution in [0.4, 0.5) is 0 Å². The van der Waals surface area contributed by atoms with Crippen molar-refractivity contribution < 1.29 is 9.53 Å². The highest BCUT2D eigenvalue weighted by Gasteiger charge is 2.14. The van der Waals surface area contributed by atoms with Gasteiger partial charge in [-0.25, -0.2) is 14.6 Å². The molecular weight excluding hydrogens is 294 g/mol. The van der Waals surface area contributed by atoms with E-state index in [0.29, 0.717) is 17.9 Å². The van der Waals surface area contributed by atoms with E-state index in [-0.39, 0.29) is 5.91 Å². The fraction of sp³-hybridized carbons (Fsp3) is 0.125. The zero-order valence-electron chi connectivity index (χ0n) is 12.5. The van der Waals surface area contributed by atoms with Crippen LogP contribution in [0, 0.1) is 0 Å². The van der Waals surface area contributed by atoms with Crippen molar-refractivity contribution in [3.05, 3.63) is 66.4 Å². The molecule has 1 amide bonds. The second-order valence-corrected chi connectivity index (χ2v) is 4.71. The molecule has 0 aliphatic rings. The van der Waals surface area contributed by atoms with Gasteiger partial charge in [-0.3, -0.25) is 4.79 Å². The Morgan fingerprint density at radius 2 is 2.13 bits per heavy atom. The number of para-hydroxylation sites is 1. The molecule has 3 aromatic rings. The quantitative estimate of drug-likeness (QED) is 0.774. The molecule has 0 atom stereocenters. The summed E-state index contributed by atoms with van der Waals surface area (Å²) in [5.41, 5.74) is 1.32. The summed E-state index contributed by atoms with van der Waals surface area (Å²) in [7, 11) is 1.60. The van der Waals surface area contributed by atoms with Gasteiger partial charge in [-0.15, -0.1) is 0 Å². The maximum atomic E-state index is 12.5. The molecule has 2 aromatic heterocycles. The van der Waals surface area contributed by atoms with Crippen molar-refractivity contribution in [1.29, 1.82) is 0 Å². The normalized spacial score (nSPS) is 10.3. The highest BCUT2D eigenvalue weighted by Crippen LogP contribution is 2.17. The van der Waals surface area contributed by atoms with Crippen LogP contribution in [0.15, 0.2) is 55.2 Å². The number of amides is 1. The highest BCUT2D eigenvalue weighted by molar-refractivity contribution is 5.97. The molecule has 0 saturated carbocycles. The minimum atomic E-state index is -0.241. The number of rotatable bonds is 5. The molecule has 0 bridgehead atoms. The van der Waals surface area contributed by atoms with Crippen molar-refractivity contribution in [1.82, 2.24) is 25.1 Å². The van der Waals surface area contributed by atoms with E-state index < -0.39 is 0 Å². The molecule has 3 rings (SSSR count). The van der Waals surface area contributed by atoms with Crippen LogP contribution in [-0.4, -0.2) is 32.8 Å². The number of nitrogens with one attached hydrogen (secondary N) is 1. The molecule has 0 fully saturated rings. The number of ether oxygens (including phenoxy) is 1. The van der Waals surface area contributed by atoms with Crippen LogP contribution in [0.3, 0.4) is 0 Å². The summed E-state index contributed by atoms with van der Waals surface area (Å²) < 4.78 is 6.74. The number of pyridine rings is 1. The molecule has 0 aliphatic carbocycles. The van der Waals surface area contributed by atoms with Crippen LogP contribution in [0.25, 0.3) is 5.82 Å². The Hall–Kier alpha value is -3.22. The smallest absolute Gasteiger partial charge is 0.255 e. The van der Waals surface area contributed by atoms with Gasteiger partial charge < -0.3 is 10.1 Å². The Morgan fingerprint density at radius 3 is 2.91 bits per heavy atom. The first-order valence-electron chi connectivity index (χ1n) is 6.99. The van der Waals surface area contributed by atoms with E-state index in [1.54, 1.807) is 25.4 Å². The van der Waals surface area contributed by atoms with E-state index in [2.05, 4.69) is 20.4 Å². The largest absolute Gasteiger partial charge is 0.496 e. The molecule has 2 heterocycles. The van der Waals surface area contributed by atoms with E-state index in [4.69, 9.17) is 4.74 Å². The Bertz CT molecular complexity index is 802. The van der Waals surface area contributed by atoms with Gasteiger partial charge in [0.15, 0.2) is 5.82 Å². The van der Waals surface area contributed by atoms with Crippen molar-refractivity contribution in [2.24, 2.45) is 0 Å². The van der Waals surface area contributed by atoms with Gasteiger partial charge in [0.2, 0.25) is 0 Å². The molecule has 116 valence electrons. The lowest BCUT2D eigenvalue weighted by Gasteiger charge is -2.11. The first-order chi connectivity index (χ1) is 11.3. The van der Waals surface area contributed by atoms with Crippen LogP contribution >= 0.6 is 0 Å². The van der Waals surface area contributed by atoms with E-state index >= 15 is 0 Å². The first kappa shape index (κ1) is 14.7. The predicted octanol–water partition coefficient (Wildman–Crippen LogP) is 1.60. The van der Waals surface area contributed by atoms with Crippen LogP contribution in [-0.2, 0) is 6.54 Å². The van der Waals surface area contributed by atoms with Crippen molar-refractivity contribution in [3.8, 4) is 11.6 Å². The molecular formula is C16H15N5O2. The van der Waals surface area contributed by atoms with E-state index in [9.17, 15) is 4.79 Å². The average Bonchev–Trinajstić information content (AvgIpc) is 3.14. The molecule has 1 N–H and O–H groups in total. The van der Waals surface area contributed by atoms with Crippen LogP contribution in [0.2, 0.25) is 0 Å². The summed E-state index contributed by atoms with van der Waals surface area (Å²) >= 11 is 0. The minimum absolute atomic E-state index is 0.241. The fourth-order valence-corrected chi connectivity index (χ4v) is 2.19. The van der Waals surface area contributed by atoms with Gasteiger partial charge >= 0.3 is 0 Å². The monoisotopic (exact) mass is 309 g/mol. The number of hydrogen-bond donors (Lipinski definition) is 1. The molecule has 1 aromatic carbocycles. The third kappa shape index (κ3) is 3.18. The lowest BCUT2D eigenvalue weighted by atomic mass is 10.2. The van der Waals surface area contributed by atoms with Crippen molar-refractivity contribution >= 4 is 5.91 Å². The molecule has 23 heavy (non-hydrogen) atoms. The number of aromatic nitrogens is 4. The molecule has 0 unspecified atom stereocenters. The van der Waals surface area contributed by atoms with Gasteiger partial charge in [-0.1, -0.05) is 18.2 Å². The second kappa shape index (κ2) is 6.69. The summed E-state index contributed by atoms with van der Waals surface area (Å²) in [4.78, 5) is 20.6. The molecule has 0 aliphatic heterocycles. The summed E-state index contributed by atoms with van der Waals surface area (Å²) in [6, 6.07) is 10.9. The number of carbonyl (C=O) groups excluding carboxylic acids is 1. The zero-order valence-corrected chi connectivity index (χ0v) is 12.5. The number of nitrogens with zero attached hydrogens (tertiary/aromatic N) is 4. The summed E-state index contributed by atoms with van der Waals surface area (Å²) in [5.74, 6) is 0.924. The first-order valence-corrected chi connectivity index (χ1v) is 6.99. The van der Waals surface area contributed by atoms with Gasteiger partial charge in [0, 0.05) is 18.3 Å². The van der Waals surface area contributed by atoms with Gasteiger partial charge in [0.05, 0.1) is 12.7 Å². The van der Waals surface area contributed by atoms with Crippen molar-refractivity contribution in [2.75, 3.05) is 7.11 Å². The van der Waals surface area contributed by atoms with Gasteiger partial charge in [0.1, 0.15) is 18.4 Å². The lowest BCUT2D eigenvalue weighted by molar-refractivity contribution is 0.0950. The van der Waals surface area contributed by atoms with Crippen LogP contribution < -0.4 is 10.1 Å². The predicted molar refractivity (Wildman–Crippen MR) is 83.3 cm³/mol. The Balaban J connectivity index is 1.79. The van der Waals surface area contributed by atoms with Crippen LogP contribution in [0.1, 0.15) is 15.9 Å². The molecule has 7 heteroatoms. The second-order valence-electron chi connectivity index (χ2n) is 4.71. The number of hydrogen-bond acceptors (Lipinski definition) is 5. The summed E-state index contributed by atoms with van der Waals surface area (Å²) in [6.45, 7) is 0.356. The van der Waals surface area contributed by atoms with Gasteiger partial charge in [-0.05, 0) is 18.2 Å². The Morgan fingerprint density at radius 1 is 1.26 bits per heavy atom. The highest BCUT2D eigenvalue weighted by atomic mass is 16.5. The Kier molecular flexibility index (Phi) is 4.28. The number of carbonyl (C=O) groups is 1. The van der Waals surface area contributed by atoms with E-state index in [0.717, 1.165) is 11.3 Å². The Labute approximate surface area is 133 Å². The fourth-order valence-electron chi connectivity index (χ4n) is 2.19. The SMILES string of the molecule is COc1ccccc1CNC(=O)c1cccnc1-n1cncn1. The van der Waals surface area contributed by atoms with Gasteiger partial charge in [-0.2, -0.15) is 5.10 Å². The van der Waals surface area contributed by atoms with Crippen LogP contribution in [0.5, 0.6) is 5.75 Å². The van der Waals surface area contributed by atoms with E-state index in [1.807, 2.05) is 24.3 Å². The maximum Gasteiger partial charge on any atom is 0.255 e. The maximum absolute atomic E-state index is 12.5. The average molecular weight is 309 g/mol. The van der Waals surface area contributed by atoms with Crippen molar-refractivity contribution in [2.45, 2.75) is 6.54 Å². The standard InChI is InChI=1S/C16H15N5O2/c1-23-14-7-3-2-5-12(14)9-19-16(22)13-6-4-8-18-15(13)21-11-17-10-20-21/h2-8,10-11H,9H2,1H3,(H,19,22). The van der Waals surface area contributed by atoms with Crippen molar-refractivity contribution in [3.63, 3.8) is 0 Å². The number of benzene rings is 1. The molecule has 7 nitrogen and oxygen atoms in total. The van der Waals surface area contributed by atoms with Gasteiger partial charge in [0.25, 0.3) is 5.91 Å². The number of methoxy groups -OCH3 is 1. The van der Waals surface area contributed by atoms with E-state index in [1.165, 1.54) is 17.3 Å². The molecule has 0 saturated heterocycles. The molecule has 0 radical (unpaired) electrons. The summed E-state index contributed by atoms with van der Waals surface area (Å²) in [5, 5.41) is 6.89. The summed E-state index contributed by atoms with van der Waals surface area (Å²) in [6.07, 6.45) is 4.50. The third-order valence-corrected chi connectivity index (χ3v) is 3.30. The zero-order chi connectivity index (χ0) is 16.1. The topological polar surface area (TPSA) is 81.9 Å². The third-order valence-electron chi connectivity index (χ3n) is 3.30.